The van der Waals surface area contributed by atoms with E-state index in [0.29, 0.717) is 23.3 Å². The highest BCUT2D eigenvalue weighted by Gasteiger charge is 2.62. The fraction of sp³-hybridized carbons (Fsp3) is 0.500. The Morgan fingerprint density at radius 2 is 1.94 bits per heavy atom. The van der Waals surface area contributed by atoms with Crippen LogP contribution in [0, 0.1) is 17.8 Å². The molecule has 3 aliphatic rings. The van der Waals surface area contributed by atoms with Crippen LogP contribution >= 0.6 is 11.8 Å². The summed E-state index contributed by atoms with van der Waals surface area (Å²) >= 11 is 1.49. The number of carbonyl (C=O) groups is 4. The topological polar surface area (TPSA) is 164 Å². The normalized spacial score (nSPS) is 30.5. The van der Waals surface area contributed by atoms with E-state index >= 15 is 0 Å². The number of thioether (sulfide) groups is 1. The molecule has 0 aromatic heterocycles. The van der Waals surface area contributed by atoms with E-state index in [-0.39, 0.29) is 35.8 Å². The minimum absolute atomic E-state index is 0.119. The van der Waals surface area contributed by atoms with Gasteiger partial charge in [0.1, 0.15) is 11.4 Å². The monoisotopic (exact) mass is 487 g/mol. The lowest BCUT2D eigenvalue weighted by Gasteiger charge is -2.50. The molecule has 0 heterocycles. The van der Waals surface area contributed by atoms with Crippen LogP contribution in [0.2, 0.25) is 0 Å². The first-order valence-corrected chi connectivity index (χ1v) is 12.5. The van der Waals surface area contributed by atoms with E-state index in [1.54, 1.807) is 19.0 Å². The highest BCUT2D eigenvalue weighted by molar-refractivity contribution is 7.97. The first-order chi connectivity index (χ1) is 16.0. The molecular weight excluding hydrogens is 458 g/mol. The highest BCUT2D eigenvalue weighted by Crippen LogP contribution is 2.50. The Bertz CT molecular complexity index is 1150. The van der Waals surface area contributed by atoms with Gasteiger partial charge in [-0.1, -0.05) is 0 Å². The molecule has 1 aromatic rings. The Morgan fingerprint density at radius 3 is 2.50 bits per heavy atom. The molecule has 1 aromatic carbocycles. The molecule has 0 bridgehead atoms. The van der Waals surface area contributed by atoms with Gasteiger partial charge in [-0.3, -0.25) is 24.1 Å². The van der Waals surface area contributed by atoms with Crippen molar-refractivity contribution >= 4 is 35.0 Å². The number of benzene rings is 1. The second-order valence-electron chi connectivity index (χ2n) is 9.54. The summed E-state index contributed by atoms with van der Waals surface area (Å²) in [6, 6.07) is 0.889. The number of Topliss-reactive ketones (excluding diaryl/α,β-unsaturated/α-hetero) is 3. The molecule has 182 valence electrons. The molecule has 1 amide bonds. The quantitative estimate of drug-likeness (QED) is 0.416. The van der Waals surface area contributed by atoms with Crippen LogP contribution in [0.5, 0.6) is 5.75 Å². The number of nitrogens with two attached hydrogens (primary N) is 2. The molecule has 5 atom stereocenters. The number of nitrogens with zero attached hydrogens (tertiary/aromatic N) is 1. The van der Waals surface area contributed by atoms with Gasteiger partial charge in [0.2, 0.25) is 5.91 Å². The van der Waals surface area contributed by atoms with Crippen molar-refractivity contribution < 1.29 is 29.4 Å². The van der Waals surface area contributed by atoms with Crippen LogP contribution in [-0.4, -0.2) is 70.4 Å². The van der Waals surface area contributed by atoms with Gasteiger partial charge in [0, 0.05) is 29.4 Å². The number of amides is 1. The molecular formula is C24H29N3O6S. The Kier molecular flexibility index (Phi) is 6.22. The van der Waals surface area contributed by atoms with Gasteiger partial charge in [-0.05, 0) is 62.4 Å². The summed E-state index contributed by atoms with van der Waals surface area (Å²) in [6.45, 7) is 0.188. The summed E-state index contributed by atoms with van der Waals surface area (Å²) < 4.78 is 0. The number of primary amides is 1. The van der Waals surface area contributed by atoms with Gasteiger partial charge in [0.05, 0.1) is 11.6 Å². The van der Waals surface area contributed by atoms with Crippen LogP contribution in [0.4, 0.5) is 0 Å². The fourth-order valence-corrected chi connectivity index (χ4v) is 6.43. The van der Waals surface area contributed by atoms with Gasteiger partial charge in [0.25, 0.3) is 0 Å². The summed E-state index contributed by atoms with van der Waals surface area (Å²) in [5.41, 5.74) is 11.5. The van der Waals surface area contributed by atoms with Crippen LogP contribution in [0.1, 0.15) is 33.5 Å². The second kappa shape index (κ2) is 8.60. The molecule has 10 heteroatoms. The van der Waals surface area contributed by atoms with E-state index in [1.807, 2.05) is 12.3 Å². The van der Waals surface area contributed by atoms with E-state index in [0.717, 1.165) is 5.56 Å². The van der Waals surface area contributed by atoms with Crippen LogP contribution in [0.3, 0.4) is 0 Å². The third-order valence-corrected chi connectivity index (χ3v) is 8.01. The van der Waals surface area contributed by atoms with Crippen molar-refractivity contribution in [3.05, 3.63) is 40.0 Å². The summed E-state index contributed by atoms with van der Waals surface area (Å²) in [4.78, 5) is 53.5. The van der Waals surface area contributed by atoms with E-state index in [4.69, 9.17) is 11.5 Å². The molecule has 6 N–H and O–H groups in total. The van der Waals surface area contributed by atoms with E-state index in [1.165, 1.54) is 17.8 Å². The van der Waals surface area contributed by atoms with Crippen molar-refractivity contribution in [3.8, 4) is 5.75 Å². The Hall–Kier alpha value is -2.53. The first-order valence-electron chi connectivity index (χ1n) is 11.1. The fourth-order valence-electron chi connectivity index (χ4n) is 5.90. The smallest absolute Gasteiger partial charge is 0.235 e. The third kappa shape index (κ3) is 3.43. The summed E-state index contributed by atoms with van der Waals surface area (Å²) in [5.74, 6) is -5.90. The lowest BCUT2D eigenvalue weighted by Crippen LogP contribution is -2.68. The van der Waals surface area contributed by atoms with E-state index in [2.05, 4.69) is 0 Å². The lowest BCUT2D eigenvalue weighted by atomic mass is 9.57. The average Bonchev–Trinajstić information content (AvgIpc) is 2.76. The maximum absolute atomic E-state index is 13.6. The molecule has 3 aliphatic carbocycles. The number of aromatic hydroxyl groups is 1. The van der Waals surface area contributed by atoms with Crippen LogP contribution in [0.15, 0.2) is 17.7 Å². The number of rotatable bonds is 5. The van der Waals surface area contributed by atoms with Crippen LogP contribution in [-0.2, 0) is 33.1 Å². The standard InChI is InChI=1S/C24H29N3O6S/c1-27(2)18-15-6-10-5-13-11(8-25)4-12(9-34-3)19(28)16(13)20(29)14(10)7-24(15,33)22(31)17(21(18)30)23(26)32/h4,7,10,15,17-18,28,33H,5-6,8-9,25H2,1-3H3,(H2,26,32)/t10-,15-,17?,18?,24+/m0/s1. The SMILES string of the molecule is CSCc1cc(CN)c2c(c1O)C(=O)C1=C[C@]3(O)C(=O)C(C(N)=O)C(=O)C(N(C)C)[C@@H]3C[C@@H]1C2. The van der Waals surface area contributed by atoms with E-state index in [9.17, 15) is 29.4 Å². The van der Waals surface area contributed by atoms with Crippen LogP contribution in [0.25, 0.3) is 0 Å². The summed E-state index contributed by atoms with van der Waals surface area (Å²) in [7, 11) is 3.27. The number of phenols is 1. The van der Waals surface area contributed by atoms with Gasteiger partial charge in [-0.2, -0.15) is 11.8 Å². The van der Waals surface area contributed by atoms with Gasteiger partial charge < -0.3 is 21.7 Å². The number of allylic oxidation sites excluding steroid dienone is 1. The number of aliphatic hydroxyl groups is 1. The predicted octanol–water partition coefficient (Wildman–Crippen LogP) is -0.0702. The second-order valence-corrected chi connectivity index (χ2v) is 10.4. The Labute approximate surface area is 201 Å². The van der Waals surface area contributed by atoms with Gasteiger partial charge in [0.15, 0.2) is 23.3 Å². The minimum atomic E-state index is -2.20. The Balaban J connectivity index is 1.90. The van der Waals surface area contributed by atoms with Crippen molar-refractivity contribution in [1.29, 1.82) is 0 Å². The molecule has 4 rings (SSSR count). The zero-order chi connectivity index (χ0) is 25.1. The van der Waals surface area contributed by atoms with E-state index < -0.39 is 46.7 Å². The summed E-state index contributed by atoms with van der Waals surface area (Å²) in [5, 5.41) is 22.5. The van der Waals surface area contributed by atoms with Gasteiger partial charge >= 0.3 is 0 Å². The molecule has 0 saturated heterocycles. The predicted molar refractivity (Wildman–Crippen MR) is 126 cm³/mol. The maximum atomic E-state index is 13.6. The number of fused-ring (bicyclic) bond motifs is 3. The molecule has 1 saturated carbocycles. The lowest BCUT2D eigenvalue weighted by molar-refractivity contribution is -0.164. The number of hydrogen-bond acceptors (Lipinski definition) is 9. The highest BCUT2D eigenvalue weighted by atomic mass is 32.2. The number of ketones is 3. The minimum Gasteiger partial charge on any atom is -0.507 e. The number of carbonyl (C=O) groups excluding carboxylic acids is 4. The molecule has 34 heavy (non-hydrogen) atoms. The molecule has 1 fully saturated rings. The van der Waals surface area contributed by atoms with Crippen molar-refractivity contribution in [1.82, 2.24) is 4.90 Å². The number of likely N-dealkylation sites (N-methyl/N-ethyl adjacent to an activating group) is 1. The van der Waals surface area contributed by atoms with Gasteiger partial charge in [-0.25, -0.2) is 0 Å². The van der Waals surface area contributed by atoms with Crippen molar-refractivity contribution in [2.45, 2.75) is 36.8 Å². The summed E-state index contributed by atoms with van der Waals surface area (Å²) in [6.07, 6.45) is 3.64. The van der Waals surface area contributed by atoms with Crippen LogP contribution < -0.4 is 11.5 Å². The van der Waals surface area contributed by atoms with Crippen molar-refractivity contribution in [3.63, 3.8) is 0 Å². The number of hydrogen-bond donors (Lipinski definition) is 4. The first kappa shape index (κ1) is 24.6. The molecule has 9 nitrogen and oxygen atoms in total. The average molecular weight is 488 g/mol. The Morgan fingerprint density at radius 1 is 1.26 bits per heavy atom. The van der Waals surface area contributed by atoms with Crippen molar-refractivity contribution in [2.75, 3.05) is 20.4 Å². The molecule has 0 spiro atoms. The zero-order valence-electron chi connectivity index (χ0n) is 19.3. The van der Waals surface area contributed by atoms with Gasteiger partial charge in [-0.15, -0.1) is 0 Å². The molecule has 2 unspecified atom stereocenters. The molecule has 0 aliphatic heterocycles. The maximum Gasteiger partial charge on any atom is 0.235 e. The largest absolute Gasteiger partial charge is 0.507 e. The third-order valence-electron chi connectivity index (χ3n) is 7.41. The zero-order valence-corrected chi connectivity index (χ0v) is 20.1. The van der Waals surface area contributed by atoms with Crippen molar-refractivity contribution in [2.24, 2.45) is 29.2 Å². The molecule has 0 radical (unpaired) electrons. The number of phenolic OH excluding ortho intramolecular Hbond substituents is 1.